The first kappa shape index (κ1) is 31.3. The highest BCUT2D eigenvalue weighted by Crippen LogP contribution is 2.09. The molecule has 0 aromatic carbocycles. The molecule has 1 unspecified atom stereocenters. The van der Waals surface area contributed by atoms with E-state index in [4.69, 9.17) is 14.6 Å². The highest BCUT2D eigenvalue weighted by molar-refractivity contribution is 5.76. The number of ether oxygens (including phenoxy) is 2. The lowest BCUT2D eigenvalue weighted by Crippen LogP contribution is -2.33. The molecule has 0 saturated carbocycles. The van der Waals surface area contributed by atoms with Crippen LogP contribution in [0.15, 0.2) is 24.3 Å². The highest BCUT2D eigenvalue weighted by atomic mass is 16.6. The van der Waals surface area contributed by atoms with Crippen molar-refractivity contribution in [3.63, 3.8) is 0 Å². The molecule has 33 heavy (non-hydrogen) atoms. The van der Waals surface area contributed by atoms with Crippen LogP contribution < -0.4 is 0 Å². The van der Waals surface area contributed by atoms with Gasteiger partial charge in [0.15, 0.2) is 0 Å². The second-order valence-corrected chi connectivity index (χ2v) is 8.92. The van der Waals surface area contributed by atoms with Crippen LogP contribution in [-0.4, -0.2) is 61.9 Å². The van der Waals surface area contributed by atoms with E-state index in [-0.39, 0.29) is 25.6 Å². The van der Waals surface area contributed by atoms with E-state index in [1.807, 2.05) is 19.0 Å². The summed E-state index contributed by atoms with van der Waals surface area (Å²) in [5, 5.41) is 8.63. The third-order valence-electron chi connectivity index (χ3n) is 5.24. The molecule has 6 heteroatoms. The molecule has 0 fully saturated rings. The van der Waals surface area contributed by atoms with Crippen molar-refractivity contribution < 1.29 is 24.2 Å². The molecule has 192 valence electrons. The van der Waals surface area contributed by atoms with Crippen LogP contribution >= 0.6 is 0 Å². The van der Waals surface area contributed by atoms with Gasteiger partial charge in [-0.3, -0.25) is 9.59 Å². The van der Waals surface area contributed by atoms with Crippen molar-refractivity contribution >= 4 is 11.9 Å². The zero-order valence-electron chi connectivity index (χ0n) is 21.4. The molecule has 0 bridgehead atoms. The molecule has 0 aliphatic heterocycles. The smallest absolute Gasteiger partial charge is 0.306 e. The fourth-order valence-electron chi connectivity index (χ4n) is 3.37. The molecule has 1 N–H and O–H groups in total. The van der Waals surface area contributed by atoms with Gasteiger partial charge in [0.1, 0.15) is 12.7 Å². The molecule has 0 aromatic heterocycles. The van der Waals surface area contributed by atoms with Crippen LogP contribution in [0.4, 0.5) is 0 Å². The van der Waals surface area contributed by atoms with Crippen molar-refractivity contribution in [2.24, 2.45) is 0 Å². The number of carbonyl (C=O) groups is 2. The Morgan fingerprint density at radius 2 is 1.45 bits per heavy atom. The second kappa shape index (κ2) is 23.5. The number of hydrogen-bond donors (Lipinski definition) is 1. The van der Waals surface area contributed by atoms with Gasteiger partial charge in [0.05, 0.1) is 12.8 Å². The lowest BCUT2D eigenvalue weighted by molar-refractivity contribution is -0.151. The molecule has 0 saturated heterocycles. The predicted molar refractivity (Wildman–Crippen MR) is 135 cm³/mol. The van der Waals surface area contributed by atoms with E-state index >= 15 is 0 Å². The lowest BCUT2D eigenvalue weighted by atomic mass is 10.1. The quantitative estimate of drug-likeness (QED) is 0.110. The number of carboxylic acid groups (broad SMARTS) is 1. The number of unbranched alkanes of at least 4 members (excludes halogenated alkanes) is 9. The molecule has 0 heterocycles. The molecule has 0 rings (SSSR count). The molecule has 0 amide bonds. The van der Waals surface area contributed by atoms with E-state index in [0.717, 1.165) is 19.3 Å². The first-order valence-corrected chi connectivity index (χ1v) is 12.9. The third-order valence-corrected chi connectivity index (χ3v) is 5.24. The van der Waals surface area contributed by atoms with Gasteiger partial charge >= 0.3 is 11.9 Å². The number of aliphatic carboxylic acids is 1. The first-order valence-electron chi connectivity index (χ1n) is 12.9. The van der Waals surface area contributed by atoms with Crippen molar-refractivity contribution in [2.75, 3.05) is 33.9 Å². The third kappa shape index (κ3) is 24.8. The highest BCUT2D eigenvalue weighted by Gasteiger charge is 2.14. The van der Waals surface area contributed by atoms with Crippen LogP contribution in [0.3, 0.4) is 0 Å². The number of carboxylic acids is 1. The topological polar surface area (TPSA) is 76.1 Å². The Labute approximate surface area is 202 Å². The van der Waals surface area contributed by atoms with Gasteiger partial charge in [-0.25, -0.2) is 0 Å². The van der Waals surface area contributed by atoms with E-state index in [2.05, 4.69) is 31.2 Å². The van der Waals surface area contributed by atoms with Crippen LogP contribution in [0.5, 0.6) is 0 Å². The molecule has 0 aromatic rings. The Morgan fingerprint density at radius 3 is 2.06 bits per heavy atom. The minimum Gasteiger partial charge on any atom is -0.481 e. The zero-order valence-corrected chi connectivity index (χ0v) is 21.4. The van der Waals surface area contributed by atoms with E-state index in [1.165, 1.54) is 57.8 Å². The monoisotopic (exact) mass is 467 g/mol. The van der Waals surface area contributed by atoms with Crippen LogP contribution in [0.2, 0.25) is 0 Å². The van der Waals surface area contributed by atoms with Crippen LogP contribution in [0.25, 0.3) is 0 Å². The molecule has 0 radical (unpaired) electrons. The van der Waals surface area contributed by atoms with Crippen LogP contribution in [0.1, 0.15) is 96.8 Å². The zero-order chi connectivity index (χ0) is 24.6. The van der Waals surface area contributed by atoms with Gasteiger partial charge in [-0.15, -0.1) is 0 Å². The van der Waals surface area contributed by atoms with Gasteiger partial charge in [-0.1, -0.05) is 69.8 Å². The Hall–Kier alpha value is -1.66. The summed E-state index contributed by atoms with van der Waals surface area (Å²) in [4.78, 5) is 24.1. The predicted octanol–water partition coefficient (Wildman–Crippen LogP) is 6.15. The summed E-state index contributed by atoms with van der Waals surface area (Å²) in [5.74, 6) is -1.48. The summed E-state index contributed by atoms with van der Waals surface area (Å²) >= 11 is 0. The maximum atomic E-state index is 11.6. The first-order chi connectivity index (χ1) is 16.0. The number of esters is 1. The van der Waals surface area contributed by atoms with Crippen molar-refractivity contribution in [1.29, 1.82) is 0 Å². The van der Waals surface area contributed by atoms with E-state index in [1.54, 1.807) is 0 Å². The molecular formula is C27H49NO5. The second-order valence-electron chi connectivity index (χ2n) is 8.92. The molecule has 1 atom stereocenters. The Balaban J connectivity index is 3.67. The van der Waals surface area contributed by atoms with E-state index in [0.29, 0.717) is 13.2 Å². The van der Waals surface area contributed by atoms with Crippen molar-refractivity contribution in [2.45, 2.75) is 103 Å². The Morgan fingerprint density at radius 1 is 0.848 bits per heavy atom. The summed E-state index contributed by atoms with van der Waals surface area (Å²) in [6.45, 7) is 3.72. The minimum atomic E-state index is -0.995. The van der Waals surface area contributed by atoms with Gasteiger partial charge in [-0.2, -0.15) is 0 Å². The number of likely N-dealkylation sites (N-methyl/N-ethyl adjacent to an activating group) is 1. The normalized spacial score (nSPS) is 12.7. The van der Waals surface area contributed by atoms with Crippen molar-refractivity contribution in [3.05, 3.63) is 24.3 Å². The van der Waals surface area contributed by atoms with Crippen LogP contribution in [-0.2, 0) is 19.1 Å². The molecule has 0 aliphatic rings. The van der Waals surface area contributed by atoms with Crippen molar-refractivity contribution in [3.8, 4) is 0 Å². The van der Waals surface area contributed by atoms with E-state index in [9.17, 15) is 9.59 Å². The molecule has 0 spiro atoms. The minimum absolute atomic E-state index is 0.101. The van der Waals surface area contributed by atoms with E-state index < -0.39 is 11.9 Å². The fraction of sp³-hybridized carbons (Fsp3) is 0.778. The SMILES string of the molecule is CCCCCC=CCC=CCCCCCCCCOC(COC(=O)CCC(=O)O)CN(C)C. The Bertz CT molecular complexity index is 531. The number of hydrogen-bond acceptors (Lipinski definition) is 5. The number of carbonyl (C=O) groups excluding carboxylic acids is 1. The lowest BCUT2D eigenvalue weighted by Gasteiger charge is -2.21. The van der Waals surface area contributed by atoms with Gasteiger partial charge in [0.25, 0.3) is 0 Å². The fourth-order valence-corrected chi connectivity index (χ4v) is 3.37. The molecule has 0 aliphatic carbocycles. The van der Waals surface area contributed by atoms with Crippen molar-refractivity contribution in [1.82, 2.24) is 4.90 Å². The number of rotatable bonds is 23. The van der Waals surface area contributed by atoms with Crippen LogP contribution in [0, 0.1) is 0 Å². The Kier molecular flexibility index (Phi) is 22.3. The summed E-state index contributed by atoms with van der Waals surface area (Å²) in [6, 6.07) is 0. The average Bonchev–Trinajstić information content (AvgIpc) is 2.77. The number of allylic oxidation sites excluding steroid dienone is 4. The van der Waals surface area contributed by atoms with Gasteiger partial charge in [-0.05, 0) is 52.6 Å². The molecular weight excluding hydrogens is 418 g/mol. The standard InChI is InChI=1S/C27H49NO5/c1-4-5-6-7-8-9-10-11-12-13-14-15-16-17-18-19-22-32-25(23-28(2)3)24-33-27(31)21-20-26(29)30/h8-9,11-12,25H,4-7,10,13-24H2,1-3H3,(H,29,30). The van der Waals surface area contributed by atoms with Gasteiger partial charge in [0.2, 0.25) is 0 Å². The summed E-state index contributed by atoms with van der Waals surface area (Å²) < 4.78 is 11.1. The summed E-state index contributed by atoms with van der Waals surface area (Å²) in [6.07, 6.45) is 23.2. The van der Waals surface area contributed by atoms with Gasteiger partial charge in [0, 0.05) is 13.2 Å². The maximum Gasteiger partial charge on any atom is 0.306 e. The molecule has 6 nitrogen and oxygen atoms in total. The maximum absolute atomic E-state index is 11.6. The number of nitrogens with zero attached hydrogens (tertiary/aromatic N) is 1. The summed E-state index contributed by atoms with van der Waals surface area (Å²) in [5.41, 5.74) is 0. The van der Waals surface area contributed by atoms with Gasteiger partial charge < -0.3 is 19.5 Å². The largest absolute Gasteiger partial charge is 0.481 e. The summed E-state index contributed by atoms with van der Waals surface area (Å²) in [7, 11) is 3.90. The average molecular weight is 468 g/mol.